The molecule has 0 heterocycles. The van der Waals surface area contributed by atoms with Crippen molar-refractivity contribution in [1.29, 1.82) is 0 Å². The Kier molecular flexibility index (Phi) is 6.14. The van der Waals surface area contributed by atoms with Gasteiger partial charge in [0.25, 0.3) is 0 Å². The molecule has 0 aliphatic heterocycles. The second-order valence-electron chi connectivity index (χ2n) is 7.13. The van der Waals surface area contributed by atoms with Crippen molar-refractivity contribution in [2.45, 2.75) is 0 Å². The van der Waals surface area contributed by atoms with E-state index in [4.69, 9.17) is 4.74 Å². The van der Waals surface area contributed by atoms with Crippen molar-refractivity contribution in [1.82, 2.24) is 0 Å². The maximum Gasteiger partial charge on any atom is 0.142 e. The minimum atomic E-state index is -1.06. The number of ether oxygens (including phenoxy) is 1. The van der Waals surface area contributed by atoms with Gasteiger partial charge in [0.05, 0.1) is 11.1 Å². The van der Waals surface area contributed by atoms with Gasteiger partial charge in [-0.1, -0.05) is 36.6 Å². The Balaban J connectivity index is 1.68. The fourth-order valence-corrected chi connectivity index (χ4v) is 3.33. The summed E-state index contributed by atoms with van der Waals surface area (Å²) >= 11 is 0. The minimum Gasteiger partial charge on any atom is -0.489 e. The Morgan fingerprint density at radius 2 is 1.36 bits per heavy atom. The molecule has 4 rings (SSSR count). The first-order valence-corrected chi connectivity index (χ1v) is 9.79. The van der Waals surface area contributed by atoms with Gasteiger partial charge in [0, 0.05) is 17.7 Å². The molecule has 0 bridgehead atoms. The highest BCUT2D eigenvalue weighted by Crippen LogP contribution is 2.32. The molecule has 4 aromatic carbocycles. The lowest BCUT2D eigenvalue weighted by Crippen LogP contribution is -1.99. The molecule has 0 N–H and O–H groups in total. The highest BCUT2D eigenvalue weighted by Gasteiger charge is 2.18. The zero-order chi connectivity index (χ0) is 23.5. The molecule has 6 heteroatoms. The maximum atomic E-state index is 14.6. The predicted octanol–water partition coefficient (Wildman–Crippen LogP) is 7.17. The van der Waals surface area contributed by atoms with Crippen LogP contribution in [0, 0.1) is 40.9 Å². The molecule has 0 aliphatic rings. The van der Waals surface area contributed by atoms with Crippen molar-refractivity contribution in [3.8, 4) is 28.7 Å². The molecule has 0 unspecified atom stereocenters. The van der Waals surface area contributed by atoms with Crippen molar-refractivity contribution >= 4 is 10.8 Å². The molecule has 0 amide bonds. The molecule has 0 saturated carbocycles. The van der Waals surface area contributed by atoms with Crippen molar-refractivity contribution < 1.29 is 26.7 Å². The van der Waals surface area contributed by atoms with Crippen molar-refractivity contribution in [2.75, 3.05) is 6.61 Å². The summed E-state index contributed by atoms with van der Waals surface area (Å²) in [4.78, 5) is 0. The molecule has 1 nitrogen and oxygen atoms in total. The second-order valence-corrected chi connectivity index (χ2v) is 7.13. The third-order valence-electron chi connectivity index (χ3n) is 4.85. The van der Waals surface area contributed by atoms with Crippen LogP contribution in [0.5, 0.6) is 5.75 Å². The molecular weight excluding hydrogens is 435 g/mol. The maximum absolute atomic E-state index is 14.6. The van der Waals surface area contributed by atoms with Crippen molar-refractivity contribution in [3.05, 3.63) is 114 Å². The van der Waals surface area contributed by atoms with Gasteiger partial charge in [0.1, 0.15) is 41.4 Å². The van der Waals surface area contributed by atoms with Crippen molar-refractivity contribution in [2.24, 2.45) is 0 Å². The van der Waals surface area contributed by atoms with Crippen molar-refractivity contribution in [3.63, 3.8) is 0 Å². The number of rotatable bonds is 4. The van der Waals surface area contributed by atoms with Gasteiger partial charge in [-0.05, 0) is 52.7 Å². The third-order valence-corrected chi connectivity index (χ3v) is 4.85. The number of hydrogen-bond acceptors (Lipinski definition) is 1. The Labute approximate surface area is 186 Å². The first-order chi connectivity index (χ1) is 15.9. The molecule has 164 valence electrons. The average Bonchev–Trinajstić information content (AvgIpc) is 2.76. The van der Waals surface area contributed by atoms with E-state index < -0.39 is 34.4 Å². The van der Waals surface area contributed by atoms with Gasteiger partial charge in [-0.25, -0.2) is 22.0 Å². The van der Waals surface area contributed by atoms with E-state index in [9.17, 15) is 22.0 Å². The highest BCUT2D eigenvalue weighted by atomic mass is 19.1. The lowest BCUT2D eigenvalue weighted by atomic mass is 10.0. The Morgan fingerprint density at radius 1 is 0.727 bits per heavy atom. The van der Waals surface area contributed by atoms with E-state index in [0.717, 1.165) is 24.3 Å². The summed E-state index contributed by atoms with van der Waals surface area (Å²) in [6, 6.07) is 12.6. The van der Waals surface area contributed by atoms with E-state index in [0.29, 0.717) is 16.3 Å². The van der Waals surface area contributed by atoms with Crippen LogP contribution in [0.2, 0.25) is 0 Å². The molecule has 0 spiro atoms. The molecular formula is C27H15F5O. The van der Waals surface area contributed by atoms with Gasteiger partial charge in [-0.3, -0.25) is 0 Å². The van der Waals surface area contributed by atoms with Gasteiger partial charge in [0.2, 0.25) is 0 Å². The van der Waals surface area contributed by atoms with Crippen LogP contribution < -0.4 is 4.74 Å². The molecule has 0 radical (unpaired) electrons. The van der Waals surface area contributed by atoms with Crippen LogP contribution in [-0.4, -0.2) is 6.61 Å². The van der Waals surface area contributed by atoms with Gasteiger partial charge in [-0.2, -0.15) is 0 Å². The monoisotopic (exact) mass is 450 g/mol. The van der Waals surface area contributed by atoms with Gasteiger partial charge in [0.15, 0.2) is 0 Å². The first kappa shape index (κ1) is 22.1. The summed E-state index contributed by atoms with van der Waals surface area (Å²) in [5, 5.41) is 1.37. The molecule has 0 saturated heterocycles. The summed E-state index contributed by atoms with van der Waals surface area (Å²) < 4.78 is 76.6. The summed E-state index contributed by atoms with van der Waals surface area (Å²) in [7, 11) is 0. The standard InChI is InChI=1S/C27H15F5O/c1-2-9-33-21-14-25(31)27(26(32)15-21)19-12-23(29)22(24(30)13-19)8-4-16-3-5-18-11-20(28)7-6-17(18)10-16/h2-3,5-7,10-15H,1,9H2. The van der Waals surface area contributed by atoms with Crippen LogP contribution in [0.25, 0.3) is 21.9 Å². The lowest BCUT2D eigenvalue weighted by Gasteiger charge is -2.10. The fraction of sp³-hybridized carbons (Fsp3) is 0.0370. The van der Waals surface area contributed by atoms with Crippen LogP contribution in [0.4, 0.5) is 22.0 Å². The van der Waals surface area contributed by atoms with E-state index in [2.05, 4.69) is 18.4 Å². The molecule has 0 atom stereocenters. The summed E-state index contributed by atoms with van der Waals surface area (Å²) in [5.74, 6) is 0.449. The summed E-state index contributed by atoms with van der Waals surface area (Å²) in [6.45, 7) is 3.49. The average molecular weight is 450 g/mol. The molecule has 4 aromatic rings. The molecule has 0 aromatic heterocycles. The van der Waals surface area contributed by atoms with Crippen LogP contribution >= 0.6 is 0 Å². The highest BCUT2D eigenvalue weighted by molar-refractivity contribution is 5.84. The van der Waals surface area contributed by atoms with E-state index >= 15 is 0 Å². The van der Waals surface area contributed by atoms with Crippen LogP contribution in [0.1, 0.15) is 11.1 Å². The van der Waals surface area contributed by atoms with Gasteiger partial charge in [-0.15, -0.1) is 0 Å². The largest absolute Gasteiger partial charge is 0.489 e. The topological polar surface area (TPSA) is 9.23 Å². The smallest absolute Gasteiger partial charge is 0.142 e. The zero-order valence-corrected chi connectivity index (χ0v) is 17.1. The summed E-state index contributed by atoms with van der Waals surface area (Å²) in [6.07, 6.45) is 1.41. The van der Waals surface area contributed by atoms with Crippen LogP contribution in [0.15, 0.2) is 73.3 Å². The predicted molar refractivity (Wildman–Crippen MR) is 117 cm³/mol. The first-order valence-electron chi connectivity index (χ1n) is 9.79. The third kappa shape index (κ3) is 4.73. The normalized spacial score (nSPS) is 10.6. The number of benzene rings is 4. The van der Waals surface area contributed by atoms with Crippen LogP contribution in [0.3, 0.4) is 0 Å². The quantitative estimate of drug-likeness (QED) is 0.182. The lowest BCUT2D eigenvalue weighted by molar-refractivity contribution is 0.358. The van der Waals surface area contributed by atoms with Crippen LogP contribution in [-0.2, 0) is 0 Å². The molecule has 0 fully saturated rings. The van der Waals surface area contributed by atoms with Gasteiger partial charge < -0.3 is 4.74 Å². The van der Waals surface area contributed by atoms with E-state index in [-0.39, 0.29) is 23.7 Å². The number of fused-ring (bicyclic) bond motifs is 1. The zero-order valence-electron chi connectivity index (χ0n) is 17.1. The molecule has 33 heavy (non-hydrogen) atoms. The summed E-state index contributed by atoms with van der Waals surface area (Å²) in [5.41, 5.74) is -0.970. The SMILES string of the molecule is C=CCOc1cc(F)c(-c2cc(F)c(C#Cc3ccc4cc(F)ccc4c3)c(F)c2)c(F)c1. The Morgan fingerprint density at radius 3 is 2.03 bits per heavy atom. The Bertz CT molecular complexity index is 1400. The second kappa shape index (κ2) is 9.17. The Hall–Kier alpha value is -4.11. The number of hydrogen-bond donors (Lipinski definition) is 0. The fourth-order valence-electron chi connectivity index (χ4n) is 3.33. The van der Waals surface area contributed by atoms with Gasteiger partial charge >= 0.3 is 0 Å². The van der Waals surface area contributed by atoms with E-state index in [1.54, 1.807) is 24.3 Å². The molecule has 0 aliphatic carbocycles. The number of halogens is 5. The van der Waals surface area contributed by atoms with E-state index in [1.807, 2.05) is 0 Å². The van der Waals surface area contributed by atoms with E-state index in [1.165, 1.54) is 18.2 Å². The minimum absolute atomic E-state index is 0.0446.